The van der Waals surface area contributed by atoms with Gasteiger partial charge in [-0.3, -0.25) is 9.52 Å². The largest absolute Gasteiger partial charge is 0.488 e. The highest BCUT2D eigenvalue weighted by atomic mass is 35.5. The van der Waals surface area contributed by atoms with Crippen molar-refractivity contribution in [1.82, 2.24) is 4.90 Å². The minimum Gasteiger partial charge on any atom is -0.488 e. The molecule has 5 rings (SSSR count). The third kappa shape index (κ3) is 3.64. The number of sulfonamides is 1. The van der Waals surface area contributed by atoms with Gasteiger partial charge in [-0.25, -0.2) is 8.42 Å². The molecule has 170 valence electrons. The van der Waals surface area contributed by atoms with Crippen LogP contribution in [-0.4, -0.2) is 45.5 Å². The second-order valence-corrected chi connectivity index (χ2v) is 11.0. The van der Waals surface area contributed by atoms with Crippen LogP contribution in [0.15, 0.2) is 41.3 Å². The molecule has 0 bridgehead atoms. The highest BCUT2D eigenvalue weighted by molar-refractivity contribution is 7.92. The molecule has 2 aromatic rings. The monoisotopic (exact) mass is 475 g/mol. The molecule has 1 spiro atoms. The zero-order valence-electron chi connectivity index (χ0n) is 17.9. The SMILES string of the molecule is CN1CCC(Oc2cc(NS(=O)(=O)c3ccccc3Cl)cc3c2NC(=O)C32CCC2)CC1. The van der Waals surface area contributed by atoms with Crippen LogP contribution in [0.2, 0.25) is 5.02 Å². The lowest BCUT2D eigenvalue weighted by Gasteiger charge is -2.36. The van der Waals surface area contributed by atoms with E-state index < -0.39 is 15.4 Å². The minimum atomic E-state index is -3.91. The molecule has 2 N–H and O–H groups in total. The number of benzene rings is 2. The van der Waals surface area contributed by atoms with E-state index in [-0.39, 0.29) is 21.9 Å². The third-order valence-electron chi connectivity index (χ3n) is 6.84. The maximum atomic E-state index is 13.0. The molecule has 0 unspecified atom stereocenters. The summed E-state index contributed by atoms with van der Waals surface area (Å²) in [6.07, 6.45) is 4.23. The number of carbonyl (C=O) groups is 1. The van der Waals surface area contributed by atoms with Gasteiger partial charge in [-0.15, -0.1) is 0 Å². The van der Waals surface area contributed by atoms with E-state index in [4.69, 9.17) is 16.3 Å². The summed E-state index contributed by atoms with van der Waals surface area (Å²) in [6, 6.07) is 9.75. The number of hydrogen-bond donors (Lipinski definition) is 2. The van der Waals surface area contributed by atoms with Crippen LogP contribution in [0.25, 0.3) is 0 Å². The van der Waals surface area contributed by atoms with Gasteiger partial charge in [-0.05, 0) is 56.5 Å². The van der Waals surface area contributed by atoms with Gasteiger partial charge >= 0.3 is 0 Å². The quantitative estimate of drug-likeness (QED) is 0.682. The Kier molecular flexibility index (Phi) is 5.34. The number of anilines is 2. The normalized spacial score (nSPS) is 20.5. The number of piperidine rings is 1. The summed E-state index contributed by atoms with van der Waals surface area (Å²) < 4.78 is 35.1. The van der Waals surface area contributed by atoms with Crippen LogP contribution >= 0.6 is 11.6 Å². The standard InChI is InChI=1S/C23H26ClN3O4S/c1-27-11-7-16(8-12-27)31-19-14-15(26-32(29,30)20-6-3-2-5-18(20)24)13-17-21(19)25-22(28)23(17)9-4-10-23/h2-3,5-6,13-14,16,26H,4,7-12H2,1H3,(H,25,28). The van der Waals surface area contributed by atoms with E-state index in [0.717, 1.165) is 50.8 Å². The second kappa shape index (κ2) is 7.93. The Morgan fingerprint density at radius 1 is 1.19 bits per heavy atom. The van der Waals surface area contributed by atoms with Gasteiger partial charge in [0.1, 0.15) is 16.7 Å². The van der Waals surface area contributed by atoms with Crippen molar-refractivity contribution in [3.05, 3.63) is 47.0 Å². The first kappa shape index (κ1) is 21.6. The fourth-order valence-electron chi connectivity index (χ4n) is 4.81. The molecule has 1 saturated carbocycles. The van der Waals surface area contributed by atoms with Crippen LogP contribution in [0.5, 0.6) is 5.75 Å². The van der Waals surface area contributed by atoms with Crippen molar-refractivity contribution in [1.29, 1.82) is 0 Å². The number of hydrogen-bond acceptors (Lipinski definition) is 5. The average Bonchev–Trinajstić information content (AvgIpc) is 3.02. The summed E-state index contributed by atoms with van der Waals surface area (Å²) in [6.45, 7) is 1.87. The number of nitrogens with zero attached hydrogens (tertiary/aromatic N) is 1. The second-order valence-electron chi connectivity index (χ2n) is 8.94. The number of carbonyl (C=O) groups excluding carboxylic acids is 1. The molecule has 0 radical (unpaired) electrons. The van der Waals surface area contributed by atoms with Gasteiger partial charge in [0.15, 0.2) is 0 Å². The molecule has 2 aromatic carbocycles. The predicted molar refractivity (Wildman–Crippen MR) is 124 cm³/mol. The molecule has 32 heavy (non-hydrogen) atoms. The molecule has 2 fully saturated rings. The highest BCUT2D eigenvalue weighted by Gasteiger charge is 2.52. The van der Waals surface area contributed by atoms with E-state index in [1.165, 1.54) is 6.07 Å². The van der Waals surface area contributed by atoms with Gasteiger partial charge in [0.2, 0.25) is 5.91 Å². The molecule has 0 atom stereocenters. The number of likely N-dealkylation sites (tertiary alicyclic amines) is 1. The molecular weight excluding hydrogens is 450 g/mol. The van der Waals surface area contributed by atoms with Gasteiger partial charge in [0, 0.05) is 19.2 Å². The number of fused-ring (bicyclic) bond motifs is 2. The molecule has 1 amide bonds. The highest BCUT2D eigenvalue weighted by Crippen LogP contribution is 2.54. The first-order valence-corrected chi connectivity index (χ1v) is 12.8. The molecule has 1 aliphatic carbocycles. The van der Waals surface area contributed by atoms with E-state index in [1.54, 1.807) is 30.3 Å². The lowest BCUT2D eigenvalue weighted by molar-refractivity contribution is -0.123. The summed E-state index contributed by atoms with van der Waals surface area (Å²) in [7, 11) is -1.83. The van der Waals surface area contributed by atoms with Crippen LogP contribution in [0.1, 0.15) is 37.7 Å². The van der Waals surface area contributed by atoms with Crippen molar-refractivity contribution in [2.24, 2.45) is 0 Å². The fraction of sp³-hybridized carbons (Fsp3) is 0.435. The van der Waals surface area contributed by atoms with Crippen molar-refractivity contribution in [3.8, 4) is 5.75 Å². The summed E-state index contributed by atoms with van der Waals surface area (Å²) >= 11 is 6.13. The molecule has 0 aromatic heterocycles. The Morgan fingerprint density at radius 3 is 2.56 bits per heavy atom. The van der Waals surface area contributed by atoms with E-state index in [1.807, 2.05) is 0 Å². The smallest absolute Gasteiger partial charge is 0.263 e. The Bertz CT molecular complexity index is 1170. The average molecular weight is 476 g/mol. The first-order chi connectivity index (χ1) is 15.3. The number of ether oxygens (including phenoxy) is 1. The van der Waals surface area contributed by atoms with Gasteiger partial charge < -0.3 is 15.0 Å². The Balaban J connectivity index is 1.52. The van der Waals surface area contributed by atoms with Gasteiger partial charge in [-0.2, -0.15) is 0 Å². The fourth-order valence-corrected chi connectivity index (χ4v) is 6.37. The van der Waals surface area contributed by atoms with Crippen LogP contribution < -0.4 is 14.8 Å². The number of amides is 1. The summed E-state index contributed by atoms with van der Waals surface area (Å²) in [5, 5.41) is 3.16. The summed E-state index contributed by atoms with van der Waals surface area (Å²) in [5.74, 6) is 0.490. The van der Waals surface area contributed by atoms with Gasteiger partial charge in [0.25, 0.3) is 10.0 Å². The molecule has 9 heteroatoms. The zero-order chi connectivity index (χ0) is 22.5. The molecule has 2 aliphatic heterocycles. The Labute approximate surface area is 193 Å². The number of nitrogens with one attached hydrogen (secondary N) is 2. The molecule has 7 nitrogen and oxygen atoms in total. The molecule has 1 saturated heterocycles. The van der Waals surface area contributed by atoms with Crippen molar-refractivity contribution in [2.45, 2.75) is 48.5 Å². The minimum absolute atomic E-state index is 0.00695. The zero-order valence-corrected chi connectivity index (χ0v) is 19.4. The third-order valence-corrected chi connectivity index (χ3v) is 8.72. The van der Waals surface area contributed by atoms with E-state index in [2.05, 4.69) is 22.0 Å². The summed E-state index contributed by atoms with van der Waals surface area (Å²) in [4.78, 5) is 15.1. The van der Waals surface area contributed by atoms with Crippen molar-refractivity contribution < 1.29 is 17.9 Å². The first-order valence-electron chi connectivity index (χ1n) is 10.9. The van der Waals surface area contributed by atoms with E-state index >= 15 is 0 Å². The number of halogens is 1. The van der Waals surface area contributed by atoms with Crippen molar-refractivity contribution in [3.63, 3.8) is 0 Å². The van der Waals surface area contributed by atoms with Crippen LogP contribution in [0.4, 0.5) is 11.4 Å². The molecule has 3 aliphatic rings. The molecular formula is C23H26ClN3O4S. The lowest BCUT2D eigenvalue weighted by atomic mass is 9.65. The maximum absolute atomic E-state index is 13.0. The van der Waals surface area contributed by atoms with Gasteiger partial charge in [0.05, 0.1) is 21.8 Å². The van der Waals surface area contributed by atoms with Crippen molar-refractivity contribution in [2.75, 3.05) is 30.2 Å². The van der Waals surface area contributed by atoms with E-state index in [9.17, 15) is 13.2 Å². The van der Waals surface area contributed by atoms with Crippen LogP contribution in [0.3, 0.4) is 0 Å². The summed E-state index contributed by atoms with van der Waals surface area (Å²) in [5.41, 5.74) is 1.27. The Morgan fingerprint density at radius 2 is 1.91 bits per heavy atom. The topological polar surface area (TPSA) is 87.7 Å². The van der Waals surface area contributed by atoms with Gasteiger partial charge in [-0.1, -0.05) is 30.2 Å². The van der Waals surface area contributed by atoms with Crippen molar-refractivity contribution >= 4 is 38.9 Å². The van der Waals surface area contributed by atoms with E-state index in [0.29, 0.717) is 17.1 Å². The Hall–Kier alpha value is -2.29. The maximum Gasteiger partial charge on any atom is 0.263 e. The predicted octanol–water partition coefficient (Wildman–Crippen LogP) is 3.99. The van der Waals surface area contributed by atoms with Crippen LogP contribution in [0, 0.1) is 0 Å². The van der Waals surface area contributed by atoms with Crippen LogP contribution in [-0.2, 0) is 20.2 Å². The lowest BCUT2D eigenvalue weighted by Crippen LogP contribution is -2.40. The number of rotatable bonds is 5. The molecule has 2 heterocycles.